The van der Waals surface area contributed by atoms with Gasteiger partial charge in [0.15, 0.2) is 11.6 Å². The molecular formula is C30H34Cl2N6O5. The Labute approximate surface area is 260 Å². The van der Waals surface area contributed by atoms with Crippen LogP contribution in [0.5, 0.6) is 0 Å². The monoisotopic (exact) mass is 628 g/mol. The number of rotatable bonds is 9. The minimum Gasteiger partial charge on any atom is -0.478 e. The summed E-state index contributed by atoms with van der Waals surface area (Å²) in [6.07, 6.45) is 8.50. The van der Waals surface area contributed by atoms with Crippen LogP contribution in [-0.2, 0) is 27.4 Å². The predicted molar refractivity (Wildman–Crippen MR) is 165 cm³/mol. The molecule has 4 rings (SSSR count). The van der Waals surface area contributed by atoms with E-state index in [4.69, 9.17) is 38.2 Å². The Hall–Kier alpha value is -4.32. The van der Waals surface area contributed by atoms with Crippen LogP contribution in [0.15, 0.2) is 85.5 Å². The van der Waals surface area contributed by atoms with E-state index < -0.39 is 5.97 Å². The van der Waals surface area contributed by atoms with E-state index >= 15 is 0 Å². The van der Waals surface area contributed by atoms with Gasteiger partial charge in [0.25, 0.3) is 0 Å². The first-order valence-corrected chi connectivity index (χ1v) is 13.9. The van der Waals surface area contributed by atoms with Crippen LogP contribution in [0.4, 0.5) is 0 Å². The highest BCUT2D eigenvalue weighted by molar-refractivity contribution is 6.31. The summed E-state index contributed by atoms with van der Waals surface area (Å²) in [6, 6.07) is 14.6. The number of carbonyl (C=O) groups excluding carboxylic acids is 1. The Morgan fingerprint density at radius 1 is 0.837 bits per heavy atom. The van der Waals surface area contributed by atoms with Crippen molar-refractivity contribution < 1.29 is 24.5 Å². The molecule has 4 aromatic rings. The number of carbonyl (C=O) groups is 2. The second kappa shape index (κ2) is 18.3. The van der Waals surface area contributed by atoms with Gasteiger partial charge in [0, 0.05) is 39.4 Å². The third-order valence-corrected chi connectivity index (χ3v) is 5.16. The van der Waals surface area contributed by atoms with Gasteiger partial charge in [-0.3, -0.25) is 0 Å². The zero-order valence-corrected chi connectivity index (χ0v) is 25.7. The van der Waals surface area contributed by atoms with Gasteiger partial charge in [-0.25, -0.2) is 28.9 Å². The Morgan fingerprint density at radius 2 is 1.28 bits per heavy atom. The van der Waals surface area contributed by atoms with Crippen molar-refractivity contribution in [2.75, 3.05) is 0 Å². The van der Waals surface area contributed by atoms with E-state index in [1.165, 1.54) is 12.2 Å². The van der Waals surface area contributed by atoms with Gasteiger partial charge in [-0.2, -0.15) is 10.2 Å². The topological polar surface area (TPSA) is 145 Å². The van der Waals surface area contributed by atoms with Gasteiger partial charge in [0.2, 0.25) is 0 Å². The number of aliphatic hydroxyl groups excluding tert-OH is 1. The number of esters is 1. The maximum Gasteiger partial charge on any atom is 0.330 e. The number of aliphatic hydroxyl groups is 1. The van der Waals surface area contributed by atoms with Crippen LogP contribution in [0.2, 0.25) is 10.0 Å². The first kappa shape index (κ1) is 34.9. The first-order valence-electron chi connectivity index (χ1n) is 13.2. The molecule has 0 aliphatic carbocycles. The lowest BCUT2D eigenvalue weighted by Gasteiger charge is -2.03. The van der Waals surface area contributed by atoms with E-state index in [1.54, 1.807) is 80.1 Å². The van der Waals surface area contributed by atoms with Crippen LogP contribution >= 0.6 is 23.2 Å². The fraction of sp³-hybridized carbons (Fsp3) is 0.267. The molecule has 0 atom stereocenters. The predicted octanol–water partition coefficient (Wildman–Crippen LogP) is 5.73. The largest absolute Gasteiger partial charge is 0.478 e. The number of aliphatic carboxylic acids is 1. The third kappa shape index (κ3) is 14.4. The lowest BCUT2D eigenvalue weighted by Crippen LogP contribution is -2.08. The van der Waals surface area contributed by atoms with E-state index in [2.05, 4.69) is 20.2 Å². The molecule has 2 aromatic heterocycles. The van der Waals surface area contributed by atoms with Crippen molar-refractivity contribution in [1.82, 2.24) is 29.5 Å². The van der Waals surface area contributed by atoms with Crippen molar-refractivity contribution in [2.24, 2.45) is 0 Å². The van der Waals surface area contributed by atoms with E-state index in [0.717, 1.165) is 17.2 Å². The van der Waals surface area contributed by atoms with Gasteiger partial charge in [-0.05, 0) is 52.0 Å². The zero-order valence-electron chi connectivity index (χ0n) is 24.2. The fourth-order valence-electron chi connectivity index (χ4n) is 3.07. The Kier molecular flexibility index (Phi) is 14.8. The van der Waals surface area contributed by atoms with Crippen LogP contribution in [0.1, 0.15) is 27.7 Å². The van der Waals surface area contributed by atoms with Crippen LogP contribution in [-0.4, -0.2) is 63.9 Å². The summed E-state index contributed by atoms with van der Waals surface area (Å²) in [4.78, 5) is 30.0. The fourth-order valence-corrected chi connectivity index (χ4v) is 3.46. The number of carboxylic acids is 1. The van der Waals surface area contributed by atoms with Crippen molar-refractivity contribution >= 4 is 35.1 Å². The smallest absolute Gasteiger partial charge is 0.330 e. The maximum absolute atomic E-state index is 11.3. The first-order chi connectivity index (χ1) is 20.4. The van der Waals surface area contributed by atoms with Crippen LogP contribution < -0.4 is 0 Å². The molecule has 0 aliphatic rings. The molecule has 43 heavy (non-hydrogen) atoms. The summed E-state index contributed by atoms with van der Waals surface area (Å²) in [6.45, 7) is 7.86. The van der Waals surface area contributed by atoms with Crippen molar-refractivity contribution in [2.45, 2.75) is 53.0 Å². The van der Waals surface area contributed by atoms with Gasteiger partial charge in [-0.1, -0.05) is 59.6 Å². The number of ether oxygens (including phenoxy) is 1. The highest BCUT2D eigenvalue weighted by Crippen LogP contribution is 2.19. The Bertz CT molecular complexity index is 1510. The molecule has 0 amide bonds. The van der Waals surface area contributed by atoms with Crippen molar-refractivity contribution in [1.29, 1.82) is 0 Å². The SMILES string of the molecule is CC(C)O.CC(C)OC(=O)/C=C\Cn1cnc(-c2cccc(Cl)c2)n1.O=C(O)/C=C\Cn1cnc(-c2cccc(Cl)c2)n1. The highest BCUT2D eigenvalue weighted by Gasteiger charge is 2.05. The average Bonchev–Trinajstić information content (AvgIpc) is 3.58. The molecule has 13 heteroatoms. The number of carboxylic acid groups (broad SMARTS) is 1. The van der Waals surface area contributed by atoms with E-state index in [0.29, 0.717) is 34.8 Å². The van der Waals surface area contributed by atoms with Crippen molar-refractivity contribution in [3.8, 4) is 22.8 Å². The summed E-state index contributed by atoms with van der Waals surface area (Å²) in [5, 5.41) is 26.3. The molecule has 0 spiro atoms. The molecule has 0 radical (unpaired) electrons. The summed E-state index contributed by atoms with van der Waals surface area (Å²) >= 11 is 11.8. The van der Waals surface area contributed by atoms with Gasteiger partial charge >= 0.3 is 11.9 Å². The number of aromatic nitrogens is 6. The molecule has 0 fully saturated rings. The van der Waals surface area contributed by atoms with E-state index in [-0.39, 0.29) is 18.2 Å². The number of nitrogens with zero attached hydrogens (tertiary/aromatic N) is 6. The molecule has 2 heterocycles. The van der Waals surface area contributed by atoms with Crippen LogP contribution in [0.25, 0.3) is 22.8 Å². The molecule has 0 aliphatic heterocycles. The van der Waals surface area contributed by atoms with Gasteiger partial charge in [-0.15, -0.1) is 0 Å². The number of allylic oxidation sites excluding steroid dienone is 2. The molecule has 2 aromatic carbocycles. The van der Waals surface area contributed by atoms with Crippen LogP contribution in [0, 0.1) is 0 Å². The Morgan fingerprint density at radius 3 is 1.67 bits per heavy atom. The number of hydrogen-bond donors (Lipinski definition) is 2. The van der Waals surface area contributed by atoms with E-state index in [9.17, 15) is 9.59 Å². The molecule has 228 valence electrons. The molecular weight excluding hydrogens is 595 g/mol. The molecule has 0 saturated carbocycles. The quantitative estimate of drug-likeness (QED) is 0.175. The lowest BCUT2D eigenvalue weighted by molar-refractivity contribution is -0.141. The van der Waals surface area contributed by atoms with Crippen molar-refractivity contribution in [3.05, 3.63) is 95.5 Å². The second-order valence-corrected chi connectivity index (χ2v) is 10.2. The summed E-state index contributed by atoms with van der Waals surface area (Å²) in [5.41, 5.74) is 1.67. The Balaban J connectivity index is 0.000000269. The standard InChI is InChI=1S/C15H16ClN3O2.C12H10ClN3O2.C3H8O/c1-11(2)21-14(20)7-4-8-19-10-17-15(18-19)12-5-3-6-13(16)9-12;13-10-4-1-3-9(7-10)12-14-8-16(15-12)6-2-5-11(17)18;1-3(2)4/h3-7,9-11H,8H2,1-2H3;1-5,7-8H,6H2,(H,17,18);3-4H,1-2H3/b7-4-;5-2-;. The highest BCUT2D eigenvalue weighted by atomic mass is 35.5. The number of hydrogen-bond acceptors (Lipinski definition) is 8. The molecule has 11 nitrogen and oxygen atoms in total. The summed E-state index contributed by atoms with van der Waals surface area (Å²) < 4.78 is 8.18. The molecule has 2 N–H and O–H groups in total. The summed E-state index contributed by atoms with van der Waals surface area (Å²) in [5.74, 6) is -0.192. The minimum atomic E-state index is -0.981. The molecule has 0 unspecified atom stereocenters. The average molecular weight is 630 g/mol. The van der Waals surface area contributed by atoms with E-state index in [1.807, 2.05) is 24.3 Å². The second-order valence-electron chi connectivity index (χ2n) is 9.32. The van der Waals surface area contributed by atoms with Gasteiger partial charge in [0.1, 0.15) is 12.7 Å². The van der Waals surface area contributed by atoms with Crippen molar-refractivity contribution in [3.63, 3.8) is 0 Å². The molecule has 0 saturated heterocycles. The van der Waals surface area contributed by atoms with Crippen LogP contribution in [0.3, 0.4) is 0 Å². The lowest BCUT2D eigenvalue weighted by atomic mass is 10.2. The zero-order chi connectivity index (χ0) is 31.8. The van der Waals surface area contributed by atoms with Gasteiger partial charge < -0.3 is 14.9 Å². The third-order valence-electron chi connectivity index (χ3n) is 4.69. The summed E-state index contributed by atoms with van der Waals surface area (Å²) in [7, 11) is 0. The van der Waals surface area contributed by atoms with Gasteiger partial charge in [0.05, 0.1) is 19.2 Å². The minimum absolute atomic E-state index is 0.122. The number of halogens is 2. The number of benzene rings is 2. The molecule has 0 bridgehead atoms. The maximum atomic E-state index is 11.3. The normalized spacial score (nSPS) is 10.9.